The minimum absolute atomic E-state index is 0.0522. The van der Waals surface area contributed by atoms with E-state index in [-0.39, 0.29) is 17.1 Å². The zero-order chi connectivity index (χ0) is 14.5. The highest BCUT2D eigenvalue weighted by Crippen LogP contribution is 2.18. The molecule has 20 heavy (non-hydrogen) atoms. The monoisotopic (exact) mass is 268 g/mol. The highest BCUT2D eigenvalue weighted by molar-refractivity contribution is 6.06. The van der Waals surface area contributed by atoms with E-state index in [2.05, 4.69) is 10.3 Å². The lowest BCUT2D eigenvalue weighted by Crippen LogP contribution is -2.14. The number of pyridine rings is 1. The molecule has 1 aromatic carbocycles. The third kappa shape index (κ3) is 2.76. The highest BCUT2D eigenvalue weighted by atomic mass is 16.6. The predicted octanol–water partition coefficient (Wildman–Crippen LogP) is 2.11. The Hall–Kier alpha value is -3.27. The summed E-state index contributed by atoms with van der Waals surface area (Å²) in [5.41, 5.74) is 0.0241. The van der Waals surface area contributed by atoms with E-state index in [0.717, 1.165) is 0 Å². The van der Waals surface area contributed by atoms with Crippen molar-refractivity contribution in [3.8, 4) is 6.07 Å². The zero-order valence-electron chi connectivity index (χ0n) is 10.1. The lowest BCUT2D eigenvalue weighted by atomic mass is 10.1. The first-order valence-corrected chi connectivity index (χ1v) is 5.53. The van der Waals surface area contributed by atoms with E-state index in [9.17, 15) is 14.9 Å². The zero-order valence-corrected chi connectivity index (χ0v) is 10.1. The molecule has 0 spiro atoms. The molecule has 1 aromatic heterocycles. The van der Waals surface area contributed by atoms with Crippen molar-refractivity contribution in [2.75, 3.05) is 5.32 Å². The number of para-hydroxylation sites is 1. The minimum Gasteiger partial charge on any atom is -0.306 e. The quantitative estimate of drug-likeness (QED) is 0.677. The van der Waals surface area contributed by atoms with Crippen LogP contribution in [0, 0.1) is 21.4 Å². The van der Waals surface area contributed by atoms with Gasteiger partial charge in [-0.05, 0) is 18.2 Å². The second kappa shape index (κ2) is 5.58. The number of nitrogens with zero attached hydrogens (tertiary/aromatic N) is 3. The number of anilines is 1. The number of hydrogen-bond donors (Lipinski definition) is 1. The summed E-state index contributed by atoms with van der Waals surface area (Å²) < 4.78 is 0. The summed E-state index contributed by atoms with van der Waals surface area (Å²) in [5, 5.41) is 21.9. The van der Waals surface area contributed by atoms with Gasteiger partial charge in [0.1, 0.15) is 17.5 Å². The van der Waals surface area contributed by atoms with Crippen molar-refractivity contribution in [3.05, 3.63) is 63.8 Å². The summed E-state index contributed by atoms with van der Waals surface area (Å²) in [6.45, 7) is 0. The molecule has 0 aliphatic carbocycles. The summed E-state index contributed by atoms with van der Waals surface area (Å²) in [6, 6.07) is 10.5. The van der Waals surface area contributed by atoms with Crippen LogP contribution >= 0.6 is 0 Å². The molecule has 0 fully saturated rings. The van der Waals surface area contributed by atoms with Gasteiger partial charge in [0.25, 0.3) is 11.6 Å². The van der Waals surface area contributed by atoms with Crippen LogP contribution in [0.25, 0.3) is 0 Å². The van der Waals surface area contributed by atoms with Crippen molar-refractivity contribution in [2.45, 2.75) is 0 Å². The molecule has 1 heterocycles. The molecule has 1 N–H and O–H groups in total. The molecule has 0 aliphatic rings. The van der Waals surface area contributed by atoms with Crippen LogP contribution in [0.3, 0.4) is 0 Å². The lowest BCUT2D eigenvalue weighted by molar-refractivity contribution is -0.385. The largest absolute Gasteiger partial charge is 0.306 e. The minimum atomic E-state index is -0.630. The summed E-state index contributed by atoms with van der Waals surface area (Å²) in [5.74, 6) is -0.415. The van der Waals surface area contributed by atoms with Crippen LogP contribution in [0.4, 0.5) is 11.5 Å². The first-order valence-electron chi connectivity index (χ1n) is 5.53. The maximum absolute atomic E-state index is 12.0. The molecule has 98 valence electrons. The van der Waals surface area contributed by atoms with Gasteiger partial charge in [0.15, 0.2) is 0 Å². The Kier molecular flexibility index (Phi) is 3.67. The van der Waals surface area contributed by atoms with Gasteiger partial charge in [-0.2, -0.15) is 5.26 Å². The smallest absolute Gasteiger partial charge is 0.282 e. The Labute approximate surface area is 113 Å². The second-order valence-electron chi connectivity index (χ2n) is 3.77. The van der Waals surface area contributed by atoms with Crippen LogP contribution in [0.15, 0.2) is 42.6 Å². The Bertz CT molecular complexity index is 704. The average molecular weight is 268 g/mol. The van der Waals surface area contributed by atoms with E-state index < -0.39 is 10.8 Å². The number of nitro benzene ring substituents is 1. The number of nitrogens with one attached hydrogen (secondary N) is 1. The molecule has 7 nitrogen and oxygen atoms in total. The van der Waals surface area contributed by atoms with Crippen LogP contribution in [0.1, 0.15) is 15.9 Å². The molecule has 0 unspecified atom stereocenters. The van der Waals surface area contributed by atoms with E-state index in [1.165, 1.54) is 42.6 Å². The van der Waals surface area contributed by atoms with Gasteiger partial charge in [-0.25, -0.2) is 4.98 Å². The van der Waals surface area contributed by atoms with Crippen molar-refractivity contribution >= 4 is 17.4 Å². The standard InChI is InChI=1S/C13H8N4O3/c14-7-9-5-6-12(15-8-9)16-13(18)10-3-1-2-4-11(10)17(19)20/h1-6,8H,(H,15,16,18). The van der Waals surface area contributed by atoms with Crippen molar-refractivity contribution in [3.63, 3.8) is 0 Å². The number of amides is 1. The molecule has 0 radical (unpaired) electrons. The molecular formula is C13H8N4O3. The number of hydrogen-bond acceptors (Lipinski definition) is 5. The van der Waals surface area contributed by atoms with Gasteiger partial charge in [-0.15, -0.1) is 0 Å². The molecule has 0 atom stereocenters. The number of rotatable bonds is 3. The SMILES string of the molecule is N#Cc1ccc(NC(=O)c2ccccc2[N+](=O)[O-])nc1. The molecule has 2 aromatic rings. The van der Waals surface area contributed by atoms with Crippen LogP contribution in [-0.4, -0.2) is 15.8 Å². The van der Waals surface area contributed by atoms with Gasteiger partial charge < -0.3 is 5.32 Å². The Morgan fingerprint density at radius 2 is 2.05 bits per heavy atom. The lowest BCUT2D eigenvalue weighted by Gasteiger charge is -2.04. The average Bonchev–Trinajstić information content (AvgIpc) is 2.48. The molecule has 0 bridgehead atoms. The summed E-state index contributed by atoms with van der Waals surface area (Å²) >= 11 is 0. The number of nitro groups is 1. The van der Waals surface area contributed by atoms with Crippen LogP contribution in [0.2, 0.25) is 0 Å². The van der Waals surface area contributed by atoms with Crippen LogP contribution in [0.5, 0.6) is 0 Å². The van der Waals surface area contributed by atoms with Crippen LogP contribution in [-0.2, 0) is 0 Å². The van der Waals surface area contributed by atoms with E-state index in [0.29, 0.717) is 5.56 Å². The molecule has 0 saturated heterocycles. The van der Waals surface area contributed by atoms with Crippen molar-refractivity contribution in [2.24, 2.45) is 0 Å². The Morgan fingerprint density at radius 3 is 2.65 bits per heavy atom. The topological polar surface area (TPSA) is 109 Å². The van der Waals surface area contributed by atoms with E-state index in [1.54, 1.807) is 0 Å². The number of benzene rings is 1. The number of carbonyl (C=O) groups is 1. The van der Waals surface area contributed by atoms with Gasteiger partial charge in [0.2, 0.25) is 0 Å². The first kappa shape index (κ1) is 13.2. The van der Waals surface area contributed by atoms with E-state index >= 15 is 0 Å². The Morgan fingerprint density at radius 1 is 1.30 bits per heavy atom. The second-order valence-corrected chi connectivity index (χ2v) is 3.77. The summed E-state index contributed by atoms with van der Waals surface area (Å²) in [4.78, 5) is 26.1. The third-order valence-electron chi connectivity index (χ3n) is 2.48. The Balaban J connectivity index is 2.24. The molecule has 0 saturated carbocycles. The predicted molar refractivity (Wildman–Crippen MR) is 70.0 cm³/mol. The normalized spacial score (nSPS) is 9.55. The molecular weight excluding hydrogens is 260 g/mol. The van der Waals surface area contributed by atoms with Gasteiger partial charge >= 0.3 is 0 Å². The molecule has 7 heteroatoms. The van der Waals surface area contributed by atoms with Crippen molar-refractivity contribution in [1.82, 2.24) is 4.98 Å². The van der Waals surface area contributed by atoms with E-state index in [1.807, 2.05) is 6.07 Å². The number of aromatic nitrogens is 1. The third-order valence-corrected chi connectivity index (χ3v) is 2.48. The summed E-state index contributed by atoms with van der Waals surface area (Å²) in [6.07, 6.45) is 1.30. The number of carbonyl (C=O) groups excluding carboxylic acids is 1. The maximum atomic E-state index is 12.0. The fourth-order valence-electron chi connectivity index (χ4n) is 1.54. The van der Waals surface area contributed by atoms with Crippen molar-refractivity contribution in [1.29, 1.82) is 5.26 Å². The van der Waals surface area contributed by atoms with Crippen LogP contribution < -0.4 is 5.32 Å². The van der Waals surface area contributed by atoms with Gasteiger partial charge in [0.05, 0.1) is 10.5 Å². The van der Waals surface area contributed by atoms with Gasteiger partial charge in [0, 0.05) is 12.3 Å². The first-order chi connectivity index (χ1) is 9.61. The van der Waals surface area contributed by atoms with Crippen molar-refractivity contribution < 1.29 is 9.72 Å². The molecule has 0 aliphatic heterocycles. The summed E-state index contributed by atoms with van der Waals surface area (Å²) in [7, 11) is 0. The van der Waals surface area contributed by atoms with Gasteiger partial charge in [-0.3, -0.25) is 14.9 Å². The maximum Gasteiger partial charge on any atom is 0.282 e. The number of nitriles is 1. The fourth-order valence-corrected chi connectivity index (χ4v) is 1.54. The molecule has 1 amide bonds. The highest BCUT2D eigenvalue weighted by Gasteiger charge is 2.19. The molecule has 2 rings (SSSR count). The van der Waals surface area contributed by atoms with E-state index in [4.69, 9.17) is 5.26 Å². The van der Waals surface area contributed by atoms with Gasteiger partial charge in [-0.1, -0.05) is 12.1 Å². The fraction of sp³-hybridized carbons (Fsp3) is 0.